The number of aliphatic imine (C=N–C) groups is 1. The minimum atomic E-state index is -3.73. The summed E-state index contributed by atoms with van der Waals surface area (Å²) in [6.07, 6.45) is 3.09. The van der Waals surface area contributed by atoms with Crippen molar-refractivity contribution in [1.29, 1.82) is 0 Å². The molecule has 170 valence electrons. The van der Waals surface area contributed by atoms with Gasteiger partial charge in [0, 0.05) is 29.0 Å². The summed E-state index contributed by atoms with van der Waals surface area (Å²) in [6, 6.07) is 5.48. The van der Waals surface area contributed by atoms with Crippen LogP contribution < -0.4 is 11.1 Å². The number of carbonyl (C=O) groups excluding carboxylic acids is 1. The molecule has 0 saturated heterocycles. The van der Waals surface area contributed by atoms with E-state index in [9.17, 15) is 17.6 Å². The Morgan fingerprint density at radius 3 is 2.69 bits per heavy atom. The fraction of sp³-hybridized carbons (Fsp3) is 0.350. The highest BCUT2D eigenvalue weighted by Crippen LogP contribution is 2.39. The number of anilines is 1. The summed E-state index contributed by atoms with van der Waals surface area (Å²) in [5, 5.41) is 2.85. The van der Waals surface area contributed by atoms with Crippen molar-refractivity contribution in [1.82, 2.24) is 9.29 Å². The summed E-state index contributed by atoms with van der Waals surface area (Å²) in [6.45, 7) is 1.93. The fourth-order valence-electron chi connectivity index (χ4n) is 3.58. The molecule has 1 amide bonds. The van der Waals surface area contributed by atoms with Gasteiger partial charge >= 0.3 is 0 Å². The molecule has 0 bridgehead atoms. The Hall–Kier alpha value is -2.43. The molecule has 2 heterocycles. The van der Waals surface area contributed by atoms with Gasteiger partial charge in [0.1, 0.15) is 5.54 Å². The molecule has 3 N–H and O–H groups in total. The van der Waals surface area contributed by atoms with E-state index >= 15 is 0 Å². The van der Waals surface area contributed by atoms with Crippen LogP contribution in [0.4, 0.5) is 10.1 Å². The van der Waals surface area contributed by atoms with Crippen LogP contribution in [0.3, 0.4) is 0 Å². The molecule has 12 heteroatoms. The predicted molar refractivity (Wildman–Crippen MR) is 121 cm³/mol. The van der Waals surface area contributed by atoms with Crippen molar-refractivity contribution in [3.63, 3.8) is 0 Å². The molecule has 4 rings (SSSR count). The van der Waals surface area contributed by atoms with Gasteiger partial charge in [-0.05, 0) is 49.9 Å². The molecule has 1 atom stereocenters. The summed E-state index contributed by atoms with van der Waals surface area (Å²) < 4.78 is 41.1. The van der Waals surface area contributed by atoms with Gasteiger partial charge in [0.05, 0.1) is 10.8 Å². The Morgan fingerprint density at radius 1 is 1.34 bits per heavy atom. The van der Waals surface area contributed by atoms with Crippen molar-refractivity contribution in [3.05, 3.63) is 57.6 Å². The first-order chi connectivity index (χ1) is 15.0. The maximum absolute atomic E-state index is 14.0. The molecule has 1 aliphatic heterocycles. The molecule has 0 unspecified atom stereocenters. The quantitative estimate of drug-likeness (QED) is 0.653. The summed E-state index contributed by atoms with van der Waals surface area (Å²) in [5.41, 5.74) is 4.96. The summed E-state index contributed by atoms with van der Waals surface area (Å²) in [5.74, 6) is -1.80. The monoisotopic (exact) mass is 499 g/mol. The van der Waals surface area contributed by atoms with E-state index in [4.69, 9.17) is 28.9 Å². The highest BCUT2D eigenvalue weighted by atomic mass is 35.5. The van der Waals surface area contributed by atoms with Gasteiger partial charge in [-0.15, -0.1) is 0 Å². The molecule has 1 aliphatic carbocycles. The Bertz CT molecular complexity index is 1240. The fourth-order valence-corrected chi connectivity index (χ4v) is 5.90. The second kappa shape index (κ2) is 8.17. The Kier molecular flexibility index (Phi) is 5.81. The van der Waals surface area contributed by atoms with Crippen LogP contribution in [-0.2, 0) is 15.6 Å². The first-order valence-electron chi connectivity index (χ1n) is 9.77. The van der Waals surface area contributed by atoms with E-state index in [0.717, 1.165) is 29.4 Å². The van der Waals surface area contributed by atoms with E-state index < -0.39 is 33.0 Å². The second-order valence-electron chi connectivity index (χ2n) is 8.11. The van der Waals surface area contributed by atoms with Gasteiger partial charge in [-0.25, -0.2) is 27.1 Å². The molecule has 1 fully saturated rings. The number of hydrogen-bond donors (Lipinski definition) is 2. The zero-order chi connectivity index (χ0) is 23.3. The molecule has 1 aromatic carbocycles. The van der Waals surface area contributed by atoms with E-state index in [2.05, 4.69) is 15.3 Å². The van der Waals surface area contributed by atoms with Crippen LogP contribution >= 0.6 is 23.2 Å². The number of carbonyl (C=O) groups is 1. The zero-order valence-corrected chi connectivity index (χ0v) is 19.3. The number of sulfonamides is 1. The van der Waals surface area contributed by atoms with E-state index in [1.54, 1.807) is 6.92 Å². The largest absolute Gasteiger partial charge is 0.369 e. The molecular formula is C20H20Cl2FN5O3S. The van der Waals surface area contributed by atoms with Gasteiger partial charge in [0.15, 0.2) is 11.5 Å². The predicted octanol–water partition coefficient (Wildman–Crippen LogP) is 3.37. The van der Waals surface area contributed by atoms with Crippen molar-refractivity contribution >= 4 is 50.8 Å². The minimum Gasteiger partial charge on any atom is -0.369 e. The van der Waals surface area contributed by atoms with Gasteiger partial charge in [-0.2, -0.15) is 0 Å². The number of nitrogens with zero attached hydrogens (tertiary/aromatic N) is 3. The average molecular weight is 500 g/mol. The van der Waals surface area contributed by atoms with Crippen LogP contribution in [0.1, 0.15) is 35.8 Å². The van der Waals surface area contributed by atoms with Crippen LogP contribution in [0.2, 0.25) is 10.0 Å². The Labute approximate surface area is 194 Å². The smallest absolute Gasteiger partial charge is 0.277 e. The molecule has 8 nitrogen and oxygen atoms in total. The number of pyridine rings is 1. The minimum absolute atomic E-state index is 0.0606. The van der Waals surface area contributed by atoms with Gasteiger partial charge in [0.2, 0.25) is 16.0 Å². The number of amides is 1. The van der Waals surface area contributed by atoms with Crippen LogP contribution in [0.5, 0.6) is 0 Å². The third kappa shape index (κ3) is 4.53. The zero-order valence-electron chi connectivity index (χ0n) is 17.0. The number of nitrogens with two attached hydrogens (primary N) is 1. The average Bonchev–Trinajstić information content (AvgIpc) is 3.50. The highest BCUT2D eigenvalue weighted by Gasteiger charge is 2.44. The summed E-state index contributed by atoms with van der Waals surface area (Å²) in [7, 11) is -3.73. The van der Waals surface area contributed by atoms with Crippen molar-refractivity contribution in [2.24, 2.45) is 16.6 Å². The van der Waals surface area contributed by atoms with Crippen molar-refractivity contribution in [2.75, 3.05) is 17.6 Å². The molecule has 0 radical (unpaired) electrons. The third-order valence-electron chi connectivity index (χ3n) is 5.36. The number of guanidine groups is 1. The second-order valence-corrected chi connectivity index (χ2v) is 10.8. The van der Waals surface area contributed by atoms with Gasteiger partial charge in [0.25, 0.3) is 5.91 Å². The molecule has 1 saturated carbocycles. The lowest BCUT2D eigenvalue weighted by atomic mass is 9.94. The lowest BCUT2D eigenvalue weighted by molar-refractivity contribution is 0.101. The van der Waals surface area contributed by atoms with Crippen molar-refractivity contribution in [2.45, 2.75) is 25.3 Å². The van der Waals surface area contributed by atoms with Crippen LogP contribution in [0, 0.1) is 11.7 Å². The molecule has 2 aromatic rings. The highest BCUT2D eigenvalue weighted by molar-refractivity contribution is 7.89. The van der Waals surface area contributed by atoms with E-state index in [1.807, 2.05) is 0 Å². The normalized spacial score (nSPS) is 22.4. The summed E-state index contributed by atoms with van der Waals surface area (Å²) in [4.78, 5) is 20.6. The van der Waals surface area contributed by atoms with E-state index in [1.165, 1.54) is 18.2 Å². The number of benzene rings is 1. The van der Waals surface area contributed by atoms with Crippen LogP contribution in [0.15, 0.2) is 35.5 Å². The number of halogens is 3. The molecule has 1 aromatic heterocycles. The Balaban J connectivity index is 1.65. The number of nitrogens with one attached hydrogen (secondary N) is 1. The van der Waals surface area contributed by atoms with Crippen LogP contribution in [-0.4, -0.2) is 41.9 Å². The van der Waals surface area contributed by atoms with Gasteiger partial charge in [-0.1, -0.05) is 23.2 Å². The number of hydrogen-bond acceptors (Lipinski definition) is 6. The first kappa shape index (κ1) is 22.8. The SMILES string of the molecule is C[C@@]1(c2cc(NC(=O)c3ncc(Cl)cc3F)ccc2Cl)CS(=O)(=O)N(CC2CC2)C(N)=N1. The number of aromatic nitrogens is 1. The van der Waals surface area contributed by atoms with E-state index in [0.29, 0.717) is 18.0 Å². The van der Waals surface area contributed by atoms with Crippen molar-refractivity contribution in [3.8, 4) is 0 Å². The molecular weight excluding hydrogens is 480 g/mol. The van der Waals surface area contributed by atoms with E-state index in [-0.39, 0.29) is 27.4 Å². The molecule has 2 aliphatic rings. The first-order valence-corrected chi connectivity index (χ1v) is 12.1. The molecule has 0 spiro atoms. The topological polar surface area (TPSA) is 118 Å². The number of rotatable bonds is 5. The van der Waals surface area contributed by atoms with Crippen LogP contribution in [0.25, 0.3) is 0 Å². The molecule has 32 heavy (non-hydrogen) atoms. The summed E-state index contributed by atoms with van der Waals surface area (Å²) >= 11 is 12.0. The third-order valence-corrected chi connectivity index (χ3v) is 7.84. The standard InChI is InChI=1S/C20H20Cl2FN5O3S/c1-20(10-32(30,31)28(19(24)27-20)9-11-2-3-11)14-7-13(4-5-15(14)22)26-18(29)17-16(23)6-12(21)8-25-17/h4-8,11H,2-3,9-10H2,1H3,(H2,24,27)(H,26,29)/t20-/m0/s1. The maximum atomic E-state index is 14.0. The lowest BCUT2D eigenvalue weighted by Crippen LogP contribution is -2.52. The maximum Gasteiger partial charge on any atom is 0.277 e. The van der Waals surface area contributed by atoms with Crippen molar-refractivity contribution < 1.29 is 17.6 Å². The van der Waals surface area contributed by atoms with Gasteiger partial charge < -0.3 is 11.1 Å². The Morgan fingerprint density at radius 2 is 2.06 bits per heavy atom. The van der Waals surface area contributed by atoms with Gasteiger partial charge in [-0.3, -0.25) is 4.79 Å². The lowest BCUT2D eigenvalue weighted by Gasteiger charge is -2.36.